The van der Waals surface area contributed by atoms with Crippen LogP contribution in [0.5, 0.6) is 0 Å². The van der Waals surface area contributed by atoms with Crippen LogP contribution in [0.3, 0.4) is 0 Å². The summed E-state index contributed by atoms with van der Waals surface area (Å²) >= 11 is 0. The number of oxazole rings is 1. The van der Waals surface area contributed by atoms with Gasteiger partial charge in [0.2, 0.25) is 5.91 Å². The Bertz CT molecular complexity index is 1050. The number of amides is 1. The summed E-state index contributed by atoms with van der Waals surface area (Å²) in [5, 5.41) is 4.90. The molecule has 158 valence electrons. The lowest BCUT2D eigenvalue weighted by atomic mass is 9.95. The summed E-state index contributed by atoms with van der Waals surface area (Å²) in [7, 11) is 0. The minimum Gasteiger partial charge on any atom is -0.441 e. The summed E-state index contributed by atoms with van der Waals surface area (Å²) in [6.45, 7) is 6.86. The maximum Gasteiger partial charge on any atom is 0.228 e. The molecule has 1 fully saturated rings. The van der Waals surface area contributed by atoms with Crippen LogP contribution in [0.25, 0.3) is 22.1 Å². The number of likely N-dealkylation sites (tertiary alicyclic amines) is 1. The van der Waals surface area contributed by atoms with Gasteiger partial charge in [0.25, 0.3) is 0 Å². The van der Waals surface area contributed by atoms with Crippen molar-refractivity contribution in [1.29, 1.82) is 0 Å². The molecule has 1 aliphatic heterocycles. The fraction of sp³-hybridized carbons (Fsp3) is 0.435. The van der Waals surface area contributed by atoms with Gasteiger partial charge in [0.15, 0.2) is 11.7 Å². The van der Waals surface area contributed by atoms with E-state index in [4.69, 9.17) is 4.42 Å². The van der Waals surface area contributed by atoms with E-state index in [1.165, 1.54) is 0 Å². The Morgan fingerprint density at radius 2 is 1.97 bits per heavy atom. The van der Waals surface area contributed by atoms with Crippen LogP contribution < -0.4 is 5.32 Å². The maximum atomic E-state index is 13.8. The number of alkyl halides is 1. The highest BCUT2D eigenvalue weighted by atomic mass is 19.1. The second-order valence-electron chi connectivity index (χ2n) is 8.63. The highest BCUT2D eigenvalue weighted by Crippen LogP contribution is 2.27. The molecule has 1 aliphatic rings. The molecule has 0 aliphatic carbocycles. The van der Waals surface area contributed by atoms with Crippen LogP contribution in [0.2, 0.25) is 0 Å². The monoisotopic (exact) mass is 410 g/mol. The van der Waals surface area contributed by atoms with Gasteiger partial charge in [0, 0.05) is 36.5 Å². The molecule has 30 heavy (non-hydrogen) atoms. The molecule has 2 aromatic heterocycles. The van der Waals surface area contributed by atoms with Gasteiger partial charge in [-0.1, -0.05) is 12.1 Å². The van der Waals surface area contributed by atoms with Crippen LogP contribution in [0.4, 0.5) is 10.2 Å². The van der Waals surface area contributed by atoms with Crippen molar-refractivity contribution in [2.45, 2.75) is 39.3 Å². The molecule has 1 amide bonds. The molecular formula is C23H27FN4O2. The van der Waals surface area contributed by atoms with E-state index in [0.29, 0.717) is 24.0 Å². The third kappa shape index (κ3) is 4.84. The minimum atomic E-state index is -1.21. The van der Waals surface area contributed by atoms with Gasteiger partial charge in [-0.15, -0.1) is 0 Å². The first-order chi connectivity index (χ1) is 14.3. The number of carbonyl (C=O) groups excluding carboxylic acids is 1. The Morgan fingerprint density at radius 1 is 1.20 bits per heavy atom. The average molecular weight is 410 g/mol. The fourth-order valence-electron chi connectivity index (χ4n) is 3.97. The van der Waals surface area contributed by atoms with E-state index in [-0.39, 0.29) is 11.8 Å². The summed E-state index contributed by atoms with van der Waals surface area (Å²) < 4.78 is 19.5. The van der Waals surface area contributed by atoms with E-state index in [1.54, 1.807) is 26.2 Å². The molecule has 0 unspecified atom stereocenters. The van der Waals surface area contributed by atoms with E-state index in [1.807, 2.05) is 31.2 Å². The number of nitrogens with zero attached hydrogens (tertiary/aromatic N) is 3. The van der Waals surface area contributed by atoms with Gasteiger partial charge in [-0.3, -0.25) is 4.79 Å². The first-order valence-corrected chi connectivity index (χ1v) is 10.3. The van der Waals surface area contributed by atoms with E-state index < -0.39 is 5.67 Å². The summed E-state index contributed by atoms with van der Waals surface area (Å²) in [5.41, 5.74) is -0.289. The van der Waals surface area contributed by atoms with Crippen molar-refractivity contribution in [2.24, 2.45) is 5.92 Å². The van der Waals surface area contributed by atoms with Gasteiger partial charge in [0.05, 0.1) is 6.20 Å². The Balaban J connectivity index is 1.43. The summed E-state index contributed by atoms with van der Waals surface area (Å²) in [5.74, 6) is 1.76. The molecule has 0 radical (unpaired) electrons. The van der Waals surface area contributed by atoms with Crippen LogP contribution in [0, 0.1) is 12.8 Å². The minimum absolute atomic E-state index is 0.0250. The Kier molecular flexibility index (Phi) is 5.56. The SMILES string of the molecule is Cc1ncc(-c2ccc3cnc(NC(=O)C4CCN(CC(C)(C)F)CC4)cc3c2)o1. The second-order valence-corrected chi connectivity index (χ2v) is 8.63. The smallest absolute Gasteiger partial charge is 0.228 e. The summed E-state index contributed by atoms with van der Waals surface area (Å²) in [6, 6.07) is 7.82. The molecule has 4 rings (SSSR count). The largest absolute Gasteiger partial charge is 0.441 e. The van der Waals surface area contributed by atoms with E-state index in [2.05, 4.69) is 20.2 Å². The van der Waals surface area contributed by atoms with Crippen molar-refractivity contribution in [3.05, 3.63) is 42.5 Å². The molecular weight excluding hydrogens is 383 g/mol. The third-order valence-electron chi connectivity index (χ3n) is 5.44. The fourth-order valence-corrected chi connectivity index (χ4v) is 3.97. The number of aryl methyl sites for hydroxylation is 1. The van der Waals surface area contributed by atoms with Crippen molar-refractivity contribution >= 4 is 22.5 Å². The van der Waals surface area contributed by atoms with E-state index in [9.17, 15) is 9.18 Å². The van der Waals surface area contributed by atoms with Crippen LogP contribution in [0.15, 0.2) is 41.1 Å². The van der Waals surface area contributed by atoms with E-state index in [0.717, 1.165) is 42.3 Å². The molecule has 0 bridgehead atoms. The molecule has 0 saturated carbocycles. The Hall–Kier alpha value is -2.80. The number of hydrogen-bond acceptors (Lipinski definition) is 5. The Morgan fingerprint density at radius 3 is 2.63 bits per heavy atom. The lowest BCUT2D eigenvalue weighted by molar-refractivity contribution is -0.121. The molecule has 7 heteroatoms. The first-order valence-electron chi connectivity index (χ1n) is 10.3. The number of benzene rings is 1. The van der Waals surface area contributed by atoms with Crippen molar-refractivity contribution < 1.29 is 13.6 Å². The van der Waals surface area contributed by atoms with Crippen LogP contribution in [-0.4, -0.2) is 46.1 Å². The third-order valence-corrected chi connectivity index (χ3v) is 5.44. The number of fused-ring (bicyclic) bond motifs is 1. The number of halogens is 1. The molecule has 1 aromatic carbocycles. The van der Waals surface area contributed by atoms with E-state index >= 15 is 0 Å². The zero-order valence-electron chi connectivity index (χ0n) is 17.6. The normalized spacial score (nSPS) is 16.1. The number of nitrogens with one attached hydrogen (secondary N) is 1. The molecule has 3 heterocycles. The number of anilines is 1. The first kappa shape index (κ1) is 20.5. The van der Waals surface area contributed by atoms with Crippen LogP contribution in [0.1, 0.15) is 32.6 Å². The topological polar surface area (TPSA) is 71.3 Å². The van der Waals surface area contributed by atoms with Gasteiger partial charge < -0.3 is 14.6 Å². The number of carbonyl (C=O) groups is 1. The van der Waals surface area contributed by atoms with Crippen molar-refractivity contribution in [2.75, 3.05) is 25.0 Å². The van der Waals surface area contributed by atoms with Crippen LogP contribution >= 0.6 is 0 Å². The highest BCUT2D eigenvalue weighted by Gasteiger charge is 2.28. The zero-order valence-corrected chi connectivity index (χ0v) is 17.6. The second kappa shape index (κ2) is 8.14. The maximum absolute atomic E-state index is 13.8. The van der Waals surface area contributed by atoms with Gasteiger partial charge in [-0.05, 0) is 57.3 Å². The molecule has 1 saturated heterocycles. The van der Waals surface area contributed by atoms with Gasteiger partial charge in [-0.25, -0.2) is 14.4 Å². The summed E-state index contributed by atoms with van der Waals surface area (Å²) in [4.78, 5) is 23.3. The number of hydrogen-bond donors (Lipinski definition) is 1. The molecule has 6 nitrogen and oxygen atoms in total. The molecule has 3 aromatic rings. The number of piperidine rings is 1. The lowest BCUT2D eigenvalue weighted by Gasteiger charge is -2.33. The van der Waals surface area contributed by atoms with Crippen molar-refractivity contribution in [3.8, 4) is 11.3 Å². The van der Waals surface area contributed by atoms with Crippen molar-refractivity contribution in [3.63, 3.8) is 0 Å². The summed E-state index contributed by atoms with van der Waals surface area (Å²) in [6.07, 6.45) is 4.91. The van der Waals surface area contributed by atoms with Crippen molar-refractivity contribution in [1.82, 2.24) is 14.9 Å². The lowest BCUT2D eigenvalue weighted by Crippen LogP contribution is -2.43. The van der Waals surface area contributed by atoms with Crippen LogP contribution in [-0.2, 0) is 4.79 Å². The molecule has 0 spiro atoms. The predicted octanol–water partition coefficient (Wildman–Crippen LogP) is 4.60. The molecule has 1 N–H and O–H groups in total. The standard InChI is InChI=1S/C23H27FN4O2/c1-15-25-13-20(30-15)17-4-5-18-12-26-21(11-19(18)10-17)27-22(29)16-6-8-28(9-7-16)14-23(2,3)24/h4-5,10-13,16H,6-9,14H2,1-3H3,(H,26,27,29). The predicted molar refractivity (Wildman–Crippen MR) is 115 cm³/mol. The Labute approximate surface area is 175 Å². The number of pyridine rings is 1. The quantitative estimate of drug-likeness (QED) is 0.666. The zero-order chi connectivity index (χ0) is 21.3. The number of rotatable bonds is 5. The average Bonchev–Trinajstić information content (AvgIpc) is 3.13. The van der Waals surface area contributed by atoms with Gasteiger partial charge in [-0.2, -0.15) is 0 Å². The molecule has 0 atom stereocenters. The highest BCUT2D eigenvalue weighted by molar-refractivity contribution is 5.95. The number of aromatic nitrogens is 2. The van der Waals surface area contributed by atoms with Gasteiger partial charge >= 0.3 is 0 Å². The van der Waals surface area contributed by atoms with Gasteiger partial charge in [0.1, 0.15) is 11.5 Å².